The van der Waals surface area contributed by atoms with Crippen LogP contribution < -0.4 is 24.8 Å². The molecule has 0 radical (unpaired) electrons. The monoisotopic (exact) mass is 428 g/mol. The van der Waals surface area contributed by atoms with Crippen molar-refractivity contribution in [1.29, 1.82) is 0 Å². The average Bonchev–Trinajstić information content (AvgIpc) is 2.71. The van der Waals surface area contributed by atoms with Gasteiger partial charge in [-0.25, -0.2) is 0 Å². The van der Waals surface area contributed by atoms with Crippen LogP contribution >= 0.6 is 0 Å². The van der Waals surface area contributed by atoms with Gasteiger partial charge in [0, 0.05) is 12.2 Å². The van der Waals surface area contributed by atoms with E-state index in [2.05, 4.69) is 15.4 Å². The molecule has 0 heterocycles. The summed E-state index contributed by atoms with van der Waals surface area (Å²) in [6.45, 7) is -0.264. The lowest BCUT2D eigenvalue weighted by Gasteiger charge is -2.15. The van der Waals surface area contributed by atoms with Crippen LogP contribution in [0, 0.1) is 0 Å². The SMILES string of the molecule is COc1ccc(C(O)CNC(=O)C(=O)Nc2ccc(OC(F)(F)F)cc2)cc1OC. The van der Waals surface area contributed by atoms with Gasteiger partial charge in [0.15, 0.2) is 11.5 Å². The third-order valence-corrected chi connectivity index (χ3v) is 3.80. The Morgan fingerprint density at radius 3 is 2.20 bits per heavy atom. The van der Waals surface area contributed by atoms with Crippen molar-refractivity contribution in [2.45, 2.75) is 12.5 Å². The molecular formula is C19H19F3N2O6. The third kappa shape index (κ3) is 6.55. The fourth-order valence-electron chi connectivity index (χ4n) is 2.38. The molecule has 2 amide bonds. The van der Waals surface area contributed by atoms with Crippen molar-refractivity contribution < 1.29 is 42.1 Å². The van der Waals surface area contributed by atoms with Gasteiger partial charge >= 0.3 is 18.2 Å². The van der Waals surface area contributed by atoms with Crippen LogP contribution in [0.25, 0.3) is 0 Å². The number of rotatable bonds is 7. The first-order valence-corrected chi connectivity index (χ1v) is 8.48. The zero-order chi connectivity index (χ0) is 22.3. The maximum Gasteiger partial charge on any atom is 0.573 e. The predicted molar refractivity (Wildman–Crippen MR) is 99.3 cm³/mol. The van der Waals surface area contributed by atoms with Crippen LogP contribution in [-0.4, -0.2) is 44.0 Å². The topological polar surface area (TPSA) is 106 Å². The van der Waals surface area contributed by atoms with Crippen molar-refractivity contribution in [1.82, 2.24) is 5.32 Å². The molecule has 0 bridgehead atoms. The van der Waals surface area contributed by atoms with Gasteiger partial charge in [0.25, 0.3) is 0 Å². The molecule has 0 aliphatic heterocycles. The highest BCUT2D eigenvalue weighted by Gasteiger charge is 2.31. The maximum atomic E-state index is 12.1. The van der Waals surface area contributed by atoms with E-state index in [-0.39, 0.29) is 12.2 Å². The van der Waals surface area contributed by atoms with Crippen LogP contribution in [0.15, 0.2) is 42.5 Å². The molecule has 2 rings (SSSR count). The normalized spacial score (nSPS) is 11.9. The molecule has 3 N–H and O–H groups in total. The van der Waals surface area contributed by atoms with Gasteiger partial charge < -0.3 is 30.0 Å². The van der Waals surface area contributed by atoms with Crippen LogP contribution in [0.4, 0.5) is 18.9 Å². The van der Waals surface area contributed by atoms with Crippen LogP contribution in [0.5, 0.6) is 17.2 Å². The van der Waals surface area contributed by atoms with E-state index < -0.39 is 30.0 Å². The first-order chi connectivity index (χ1) is 14.1. The Kier molecular flexibility index (Phi) is 7.48. The van der Waals surface area contributed by atoms with Gasteiger partial charge in [-0.15, -0.1) is 13.2 Å². The van der Waals surface area contributed by atoms with Crippen molar-refractivity contribution in [2.24, 2.45) is 0 Å². The number of aliphatic hydroxyl groups excluding tert-OH is 1. The molecule has 11 heteroatoms. The summed E-state index contributed by atoms with van der Waals surface area (Å²) in [4.78, 5) is 23.8. The maximum absolute atomic E-state index is 12.1. The number of carbonyl (C=O) groups excluding carboxylic acids is 2. The molecule has 0 saturated carbocycles. The van der Waals surface area contributed by atoms with E-state index in [9.17, 15) is 27.9 Å². The number of alkyl halides is 3. The van der Waals surface area contributed by atoms with E-state index in [4.69, 9.17) is 9.47 Å². The molecular weight excluding hydrogens is 409 g/mol. The Balaban J connectivity index is 1.89. The Hall–Kier alpha value is -3.47. The number of ether oxygens (including phenoxy) is 3. The summed E-state index contributed by atoms with van der Waals surface area (Å²) in [6, 6.07) is 8.94. The van der Waals surface area contributed by atoms with E-state index in [1.165, 1.54) is 20.3 Å². The molecule has 0 fully saturated rings. The van der Waals surface area contributed by atoms with Crippen molar-refractivity contribution in [3.63, 3.8) is 0 Å². The number of anilines is 1. The number of hydrogen-bond donors (Lipinski definition) is 3. The third-order valence-electron chi connectivity index (χ3n) is 3.80. The molecule has 1 atom stereocenters. The van der Waals surface area contributed by atoms with Crippen molar-refractivity contribution in [3.05, 3.63) is 48.0 Å². The zero-order valence-corrected chi connectivity index (χ0v) is 15.9. The number of methoxy groups -OCH3 is 2. The van der Waals surface area contributed by atoms with Crippen LogP contribution in [0.2, 0.25) is 0 Å². The van der Waals surface area contributed by atoms with Gasteiger partial charge in [-0.1, -0.05) is 6.07 Å². The highest BCUT2D eigenvalue weighted by Crippen LogP contribution is 2.29. The summed E-state index contributed by atoms with van der Waals surface area (Å²) >= 11 is 0. The van der Waals surface area contributed by atoms with Crippen molar-refractivity contribution in [3.8, 4) is 17.2 Å². The molecule has 1 unspecified atom stereocenters. The smallest absolute Gasteiger partial charge is 0.493 e. The molecule has 0 aliphatic carbocycles. The number of benzene rings is 2. The Bertz CT molecular complexity index is 887. The van der Waals surface area contributed by atoms with Crippen LogP contribution in [-0.2, 0) is 9.59 Å². The standard InChI is InChI=1S/C19H19F3N2O6/c1-28-15-8-3-11(9-16(15)29-2)14(25)10-23-17(26)18(27)24-12-4-6-13(7-5-12)30-19(20,21)22/h3-9,14,25H,10H2,1-2H3,(H,23,26)(H,24,27). The molecule has 2 aromatic carbocycles. The molecule has 0 aliphatic rings. The van der Waals surface area contributed by atoms with Gasteiger partial charge in [0.2, 0.25) is 0 Å². The number of hydrogen-bond acceptors (Lipinski definition) is 6. The molecule has 0 spiro atoms. The summed E-state index contributed by atoms with van der Waals surface area (Å²) in [7, 11) is 2.89. The summed E-state index contributed by atoms with van der Waals surface area (Å²) in [5.41, 5.74) is 0.513. The van der Waals surface area contributed by atoms with Crippen LogP contribution in [0.1, 0.15) is 11.7 Å². The number of amides is 2. The molecule has 8 nitrogen and oxygen atoms in total. The second kappa shape index (κ2) is 9.83. The van der Waals surface area contributed by atoms with E-state index >= 15 is 0 Å². The number of carbonyl (C=O) groups is 2. The second-order valence-corrected chi connectivity index (χ2v) is 5.87. The predicted octanol–water partition coefficient (Wildman–Crippen LogP) is 2.39. The highest BCUT2D eigenvalue weighted by molar-refractivity contribution is 6.39. The summed E-state index contributed by atoms with van der Waals surface area (Å²) < 4.78 is 50.3. The van der Waals surface area contributed by atoms with E-state index in [1.807, 2.05) is 0 Å². The second-order valence-electron chi connectivity index (χ2n) is 5.87. The molecule has 162 valence electrons. The van der Waals surface area contributed by atoms with Gasteiger partial charge in [-0.3, -0.25) is 9.59 Å². The van der Waals surface area contributed by atoms with Gasteiger partial charge in [-0.05, 0) is 42.0 Å². The van der Waals surface area contributed by atoms with E-state index in [0.29, 0.717) is 17.1 Å². The highest BCUT2D eigenvalue weighted by atomic mass is 19.4. The molecule has 2 aromatic rings. The molecule has 0 saturated heterocycles. The Morgan fingerprint density at radius 2 is 1.63 bits per heavy atom. The van der Waals surface area contributed by atoms with Crippen molar-refractivity contribution >= 4 is 17.5 Å². The van der Waals surface area contributed by atoms with Gasteiger partial charge in [-0.2, -0.15) is 0 Å². The van der Waals surface area contributed by atoms with Crippen LogP contribution in [0.3, 0.4) is 0 Å². The van der Waals surface area contributed by atoms with E-state index in [1.54, 1.807) is 12.1 Å². The quantitative estimate of drug-likeness (QED) is 0.585. The Morgan fingerprint density at radius 1 is 1.00 bits per heavy atom. The van der Waals surface area contributed by atoms with Crippen molar-refractivity contribution in [2.75, 3.05) is 26.1 Å². The minimum Gasteiger partial charge on any atom is -0.493 e. The minimum atomic E-state index is -4.83. The zero-order valence-electron chi connectivity index (χ0n) is 15.9. The Labute approximate surface area is 169 Å². The lowest BCUT2D eigenvalue weighted by Crippen LogP contribution is -2.37. The first-order valence-electron chi connectivity index (χ1n) is 8.48. The van der Waals surface area contributed by atoms with E-state index in [0.717, 1.165) is 24.3 Å². The number of halogens is 3. The summed E-state index contributed by atoms with van der Waals surface area (Å²) in [5, 5.41) is 14.7. The number of nitrogens with one attached hydrogen (secondary N) is 2. The number of aliphatic hydroxyl groups is 1. The van der Waals surface area contributed by atoms with Gasteiger partial charge in [0.05, 0.1) is 20.3 Å². The van der Waals surface area contributed by atoms with Gasteiger partial charge in [0.1, 0.15) is 5.75 Å². The fourth-order valence-corrected chi connectivity index (χ4v) is 2.38. The lowest BCUT2D eigenvalue weighted by atomic mass is 10.1. The first kappa shape index (κ1) is 22.8. The molecule has 0 aromatic heterocycles. The minimum absolute atomic E-state index is 0.0881. The molecule has 30 heavy (non-hydrogen) atoms. The summed E-state index contributed by atoms with van der Waals surface area (Å²) in [5.74, 6) is -1.72. The average molecular weight is 428 g/mol. The lowest BCUT2D eigenvalue weighted by molar-refractivity contribution is -0.274. The fraction of sp³-hybridized carbons (Fsp3) is 0.263. The summed E-state index contributed by atoms with van der Waals surface area (Å²) in [6.07, 6.45) is -5.96. The largest absolute Gasteiger partial charge is 0.573 e.